The molecule has 32 heavy (non-hydrogen) atoms. The molecule has 0 bridgehead atoms. The minimum atomic E-state index is -0.407. The smallest absolute Gasteiger partial charge is 0.249 e. The Hall–Kier alpha value is -2.73. The minimum Gasteiger partial charge on any atom is -0.493 e. The van der Waals surface area contributed by atoms with Crippen LogP contribution >= 0.6 is 0 Å². The standard InChI is InChI=1S/C26H35NO5/c1-7-21(31-18(2)3)23(29-5)16-19(4)25(28)27-14-12-26(13-15-27)24(30-6)17-20-10-8-9-11-22(20)32-26/h7-11,16,18,24H,1,12-15,17H2,2-6H3/b19-16+,23-21-. The number of fused-ring (bicyclic) bond motifs is 1. The third kappa shape index (κ3) is 5.01. The topological polar surface area (TPSA) is 57.2 Å². The number of allylic oxidation sites excluding steroid dienone is 2. The number of amides is 1. The molecule has 1 aromatic rings. The van der Waals surface area contributed by atoms with Crippen molar-refractivity contribution in [2.75, 3.05) is 27.3 Å². The van der Waals surface area contributed by atoms with Gasteiger partial charge in [0, 0.05) is 45.0 Å². The largest absolute Gasteiger partial charge is 0.493 e. The van der Waals surface area contributed by atoms with E-state index in [1.165, 1.54) is 5.56 Å². The molecule has 6 heteroatoms. The molecule has 174 valence electrons. The van der Waals surface area contributed by atoms with Crippen LogP contribution in [0.2, 0.25) is 0 Å². The van der Waals surface area contributed by atoms with Crippen molar-refractivity contribution in [3.8, 4) is 5.75 Å². The van der Waals surface area contributed by atoms with Gasteiger partial charge in [-0.25, -0.2) is 0 Å². The molecular formula is C26H35NO5. The molecule has 0 saturated carbocycles. The van der Waals surface area contributed by atoms with Gasteiger partial charge >= 0.3 is 0 Å². The summed E-state index contributed by atoms with van der Waals surface area (Å²) in [5.74, 6) is 1.91. The summed E-state index contributed by atoms with van der Waals surface area (Å²) < 4.78 is 23.5. The molecule has 3 rings (SSSR count). The van der Waals surface area contributed by atoms with E-state index in [1.54, 1.807) is 33.3 Å². The summed E-state index contributed by atoms with van der Waals surface area (Å²) in [7, 11) is 3.30. The Kier molecular flexibility index (Phi) is 7.67. The third-order valence-electron chi connectivity index (χ3n) is 6.16. The van der Waals surface area contributed by atoms with E-state index in [2.05, 4.69) is 12.6 Å². The third-order valence-corrected chi connectivity index (χ3v) is 6.16. The number of piperidine rings is 1. The fourth-order valence-corrected chi connectivity index (χ4v) is 4.45. The van der Waals surface area contributed by atoms with Crippen molar-refractivity contribution in [1.29, 1.82) is 0 Å². The second-order valence-corrected chi connectivity index (χ2v) is 8.63. The van der Waals surface area contributed by atoms with Gasteiger partial charge in [-0.05, 0) is 44.6 Å². The zero-order valence-electron chi connectivity index (χ0n) is 19.8. The molecule has 2 aliphatic rings. The van der Waals surface area contributed by atoms with E-state index in [4.69, 9.17) is 18.9 Å². The predicted octanol–water partition coefficient (Wildman–Crippen LogP) is 4.41. The molecule has 1 saturated heterocycles. The molecule has 2 aliphatic heterocycles. The highest BCUT2D eigenvalue weighted by Crippen LogP contribution is 2.40. The number of likely N-dealkylation sites (tertiary alicyclic amines) is 1. The zero-order valence-corrected chi connectivity index (χ0v) is 19.8. The first-order valence-corrected chi connectivity index (χ1v) is 11.2. The number of hydrogen-bond donors (Lipinski definition) is 0. The first-order chi connectivity index (χ1) is 15.3. The highest BCUT2D eigenvalue weighted by Gasteiger charge is 2.47. The van der Waals surface area contributed by atoms with E-state index in [9.17, 15) is 4.79 Å². The summed E-state index contributed by atoms with van der Waals surface area (Å²) in [5.41, 5.74) is 1.35. The average molecular weight is 442 g/mol. The summed E-state index contributed by atoms with van der Waals surface area (Å²) >= 11 is 0. The van der Waals surface area contributed by atoms with Gasteiger partial charge in [0.05, 0.1) is 13.2 Å². The second kappa shape index (κ2) is 10.3. The fraction of sp³-hybridized carbons (Fsp3) is 0.500. The molecule has 1 spiro atoms. The van der Waals surface area contributed by atoms with E-state index >= 15 is 0 Å². The maximum absolute atomic E-state index is 13.1. The van der Waals surface area contributed by atoms with Gasteiger partial charge in [-0.3, -0.25) is 4.79 Å². The van der Waals surface area contributed by atoms with Crippen LogP contribution in [-0.2, 0) is 25.4 Å². The molecule has 1 unspecified atom stereocenters. The van der Waals surface area contributed by atoms with Crippen molar-refractivity contribution in [2.45, 2.75) is 57.8 Å². The van der Waals surface area contributed by atoms with Crippen molar-refractivity contribution in [2.24, 2.45) is 0 Å². The van der Waals surface area contributed by atoms with Gasteiger partial charge in [-0.1, -0.05) is 24.8 Å². The normalized spacial score (nSPS) is 20.9. The number of ether oxygens (including phenoxy) is 4. The Morgan fingerprint density at radius 3 is 2.50 bits per heavy atom. The van der Waals surface area contributed by atoms with E-state index in [-0.39, 0.29) is 18.1 Å². The molecule has 0 radical (unpaired) electrons. The molecule has 0 aromatic heterocycles. The van der Waals surface area contributed by atoms with Crippen molar-refractivity contribution in [1.82, 2.24) is 4.90 Å². The predicted molar refractivity (Wildman–Crippen MR) is 124 cm³/mol. The van der Waals surface area contributed by atoms with Crippen molar-refractivity contribution in [3.05, 3.63) is 65.7 Å². The number of rotatable bonds is 7. The Morgan fingerprint density at radius 1 is 1.22 bits per heavy atom. The Bertz CT molecular complexity index is 893. The van der Waals surface area contributed by atoms with Crippen LogP contribution in [0.5, 0.6) is 5.75 Å². The fourth-order valence-electron chi connectivity index (χ4n) is 4.45. The van der Waals surface area contributed by atoms with Gasteiger partial charge in [0.25, 0.3) is 0 Å². The molecule has 2 heterocycles. The number of benzene rings is 1. The van der Waals surface area contributed by atoms with E-state index in [0.717, 1.165) is 25.0 Å². The number of methoxy groups -OCH3 is 2. The highest BCUT2D eigenvalue weighted by atomic mass is 16.6. The summed E-state index contributed by atoms with van der Waals surface area (Å²) in [5, 5.41) is 0. The van der Waals surface area contributed by atoms with Crippen LogP contribution in [0.1, 0.15) is 39.2 Å². The van der Waals surface area contributed by atoms with Crippen LogP contribution < -0.4 is 4.74 Å². The van der Waals surface area contributed by atoms with Crippen LogP contribution in [0.15, 0.2) is 60.1 Å². The van der Waals surface area contributed by atoms with Crippen LogP contribution in [-0.4, -0.2) is 55.9 Å². The van der Waals surface area contributed by atoms with E-state index in [0.29, 0.717) is 30.2 Å². The Labute approximate surface area is 191 Å². The number of para-hydroxylation sites is 1. The number of hydrogen-bond acceptors (Lipinski definition) is 5. The molecule has 0 N–H and O–H groups in total. The van der Waals surface area contributed by atoms with Gasteiger partial charge < -0.3 is 23.8 Å². The molecule has 0 aliphatic carbocycles. The molecule has 1 atom stereocenters. The lowest BCUT2D eigenvalue weighted by Crippen LogP contribution is -2.59. The van der Waals surface area contributed by atoms with Crippen molar-refractivity contribution >= 4 is 5.91 Å². The van der Waals surface area contributed by atoms with Crippen LogP contribution in [0.4, 0.5) is 0 Å². The quantitative estimate of drug-likeness (QED) is 0.356. The molecule has 1 amide bonds. The Morgan fingerprint density at radius 2 is 1.91 bits per heavy atom. The maximum atomic E-state index is 13.1. The Balaban J connectivity index is 1.73. The first-order valence-electron chi connectivity index (χ1n) is 11.2. The van der Waals surface area contributed by atoms with Crippen LogP contribution in [0, 0.1) is 0 Å². The lowest BCUT2D eigenvalue weighted by Gasteiger charge is -2.48. The van der Waals surface area contributed by atoms with Gasteiger partial charge in [0.1, 0.15) is 17.5 Å². The second-order valence-electron chi connectivity index (χ2n) is 8.63. The average Bonchev–Trinajstić information content (AvgIpc) is 2.80. The SMILES string of the molecule is C=C/C(OC(C)C)=C(\C=C(/C)C(=O)N1CCC2(CC1)Oc1ccccc1CC2OC)OC. The van der Waals surface area contributed by atoms with Gasteiger partial charge in [-0.2, -0.15) is 0 Å². The summed E-state index contributed by atoms with van der Waals surface area (Å²) in [6.45, 7) is 10.7. The molecule has 1 fully saturated rings. The summed E-state index contributed by atoms with van der Waals surface area (Å²) in [4.78, 5) is 15.0. The van der Waals surface area contributed by atoms with Crippen LogP contribution in [0.3, 0.4) is 0 Å². The van der Waals surface area contributed by atoms with E-state index < -0.39 is 5.60 Å². The van der Waals surface area contributed by atoms with Gasteiger partial charge in [0.15, 0.2) is 11.5 Å². The molecular weight excluding hydrogens is 406 g/mol. The zero-order chi connectivity index (χ0) is 23.3. The number of carbonyl (C=O) groups is 1. The monoisotopic (exact) mass is 441 g/mol. The van der Waals surface area contributed by atoms with E-state index in [1.807, 2.05) is 36.9 Å². The minimum absolute atomic E-state index is 0.0208. The van der Waals surface area contributed by atoms with Crippen molar-refractivity contribution < 1.29 is 23.7 Å². The number of carbonyl (C=O) groups excluding carboxylic acids is 1. The van der Waals surface area contributed by atoms with Gasteiger partial charge in [-0.15, -0.1) is 0 Å². The lowest BCUT2D eigenvalue weighted by atomic mass is 9.80. The maximum Gasteiger partial charge on any atom is 0.249 e. The van der Waals surface area contributed by atoms with Gasteiger partial charge in [0.2, 0.25) is 5.91 Å². The number of nitrogens with zero attached hydrogens (tertiary/aromatic N) is 1. The summed E-state index contributed by atoms with van der Waals surface area (Å²) in [6, 6.07) is 8.12. The molecule has 1 aromatic carbocycles. The molecule has 6 nitrogen and oxygen atoms in total. The first kappa shape index (κ1) is 23.9. The van der Waals surface area contributed by atoms with Crippen molar-refractivity contribution in [3.63, 3.8) is 0 Å². The lowest BCUT2D eigenvalue weighted by molar-refractivity contribution is -0.139. The highest BCUT2D eigenvalue weighted by molar-refractivity contribution is 5.93. The van der Waals surface area contributed by atoms with Crippen LogP contribution in [0.25, 0.3) is 0 Å². The summed E-state index contributed by atoms with van der Waals surface area (Å²) in [6.07, 6.45) is 5.53.